The first-order chi connectivity index (χ1) is 12.2. The third kappa shape index (κ3) is 3.03. The van der Waals surface area contributed by atoms with Crippen LogP contribution in [0.4, 0.5) is 0 Å². The zero-order valence-corrected chi connectivity index (χ0v) is 13.4. The fraction of sp³-hybridized carbons (Fsp3) is 0.278. The molecule has 0 radical (unpaired) electrons. The van der Waals surface area contributed by atoms with Crippen molar-refractivity contribution < 1.29 is 29.0 Å². The van der Waals surface area contributed by atoms with E-state index in [1.54, 1.807) is 0 Å². The third-order valence-corrected chi connectivity index (χ3v) is 3.97. The molecule has 0 bridgehead atoms. The van der Waals surface area contributed by atoms with Crippen LogP contribution in [0.1, 0.15) is 30.6 Å². The minimum atomic E-state index is -1.44. The number of benzene rings is 2. The summed E-state index contributed by atoms with van der Waals surface area (Å²) in [5.41, 5.74) is 3.28. The van der Waals surface area contributed by atoms with Crippen molar-refractivity contribution in [2.75, 3.05) is 6.79 Å². The molecule has 2 fully saturated rings. The van der Waals surface area contributed by atoms with Gasteiger partial charge in [-0.05, 0) is 11.1 Å². The molecule has 25 heavy (non-hydrogen) atoms. The highest BCUT2D eigenvalue weighted by Gasteiger charge is 2.41. The second-order valence-electron chi connectivity index (χ2n) is 5.69. The van der Waals surface area contributed by atoms with Gasteiger partial charge in [-0.1, -0.05) is 48.5 Å². The molecule has 2 aromatic rings. The highest BCUT2D eigenvalue weighted by molar-refractivity contribution is 5.71. The van der Waals surface area contributed by atoms with Crippen molar-refractivity contribution in [3.05, 3.63) is 59.7 Å². The maximum atomic E-state index is 9.14. The van der Waals surface area contributed by atoms with E-state index in [0.717, 1.165) is 22.3 Å². The summed E-state index contributed by atoms with van der Waals surface area (Å²) in [6, 6.07) is 17.1. The van der Waals surface area contributed by atoms with Crippen molar-refractivity contribution in [2.24, 2.45) is 0 Å². The number of hydrogen-bond acceptors (Lipinski definition) is 7. The summed E-state index contributed by atoms with van der Waals surface area (Å²) < 4.78 is 11.1. The van der Waals surface area contributed by atoms with Crippen molar-refractivity contribution >= 4 is 0 Å². The average Bonchev–Trinajstić information content (AvgIpc) is 3.32. The normalized spacial score (nSPS) is 28.8. The quantitative estimate of drug-likeness (QED) is 0.790. The molecule has 0 saturated carbocycles. The summed E-state index contributed by atoms with van der Waals surface area (Å²) >= 11 is 0. The van der Waals surface area contributed by atoms with Crippen LogP contribution in [-0.2, 0) is 29.0 Å². The molecule has 0 aromatic heterocycles. The van der Waals surface area contributed by atoms with E-state index in [2.05, 4.69) is 0 Å². The Labute approximate surface area is 144 Å². The number of nitriles is 1. The standard InChI is InChI=1S/C18H15NO6/c1-18(10-19)22-17(24-25-18)15-9-5-3-7-13(15)12-6-2-4-8-14(12)16-20-11-21-23-16/h2-9,16-17H,11H2,1H3/t16?,17-,18+/m0/s1. The Balaban J connectivity index is 1.75. The Morgan fingerprint density at radius 3 is 2.16 bits per heavy atom. The molecule has 4 rings (SSSR count). The summed E-state index contributed by atoms with van der Waals surface area (Å²) in [5.74, 6) is -1.44. The molecular weight excluding hydrogens is 326 g/mol. The first kappa shape index (κ1) is 16.2. The molecule has 7 nitrogen and oxygen atoms in total. The summed E-state index contributed by atoms with van der Waals surface area (Å²) in [5, 5.41) is 9.14. The molecule has 2 aromatic carbocycles. The van der Waals surface area contributed by atoms with Gasteiger partial charge in [0.1, 0.15) is 6.07 Å². The van der Waals surface area contributed by atoms with Crippen LogP contribution in [0.5, 0.6) is 0 Å². The lowest BCUT2D eigenvalue weighted by Crippen LogP contribution is -2.22. The lowest BCUT2D eigenvalue weighted by molar-refractivity contribution is -0.312. The van der Waals surface area contributed by atoms with E-state index in [4.69, 9.17) is 34.3 Å². The molecule has 2 heterocycles. The number of nitrogens with zero attached hydrogens (tertiary/aromatic N) is 1. The van der Waals surface area contributed by atoms with Gasteiger partial charge in [-0.3, -0.25) is 4.74 Å². The second-order valence-corrected chi connectivity index (χ2v) is 5.69. The van der Waals surface area contributed by atoms with Crippen molar-refractivity contribution in [1.29, 1.82) is 5.26 Å². The molecule has 0 N–H and O–H groups in total. The van der Waals surface area contributed by atoms with Gasteiger partial charge in [-0.25, -0.2) is 4.89 Å². The van der Waals surface area contributed by atoms with Crippen molar-refractivity contribution in [3.8, 4) is 17.2 Å². The first-order valence-electron chi connectivity index (χ1n) is 7.72. The Morgan fingerprint density at radius 2 is 1.60 bits per heavy atom. The minimum Gasteiger partial charge on any atom is -0.316 e. The van der Waals surface area contributed by atoms with Gasteiger partial charge in [0.2, 0.25) is 12.6 Å². The molecule has 2 saturated heterocycles. The third-order valence-electron chi connectivity index (χ3n) is 3.97. The molecule has 0 spiro atoms. The lowest BCUT2D eigenvalue weighted by Gasteiger charge is -2.18. The molecule has 3 atom stereocenters. The molecule has 2 aliphatic heterocycles. The highest BCUT2D eigenvalue weighted by Crippen LogP contribution is 2.41. The van der Waals surface area contributed by atoms with Gasteiger partial charge >= 0.3 is 0 Å². The van der Waals surface area contributed by atoms with Crippen LogP contribution < -0.4 is 0 Å². The smallest absolute Gasteiger partial charge is 0.289 e. The van der Waals surface area contributed by atoms with Crippen LogP contribution in [0.3, 0.4) is 0 Å². The van der Waals surface area contributed by atoms with E-state index in [-0.39, 0.29) is 6.79 Å². The van der Waals surface area contributed by atoms with Crippen LogP contribution >= 0.6 is 0 Å². The Hall–Kier alpha value is -2.31. The fourth-order valence-electron chi connectivity index (χ4n) is 2.78. The van der Waals surface area contributed by atoms with E-state index < -0.39 is 18.4 Å². The summed E-state index contributed by atoms with van der Waals surface area (Å²) in [6.07, 6.45) is -1.44. The second kappa shape index (κ2) is 6.54. The zero-order chi connectivity index (χ0) is 17.3. The number of hydrogen-bond donors (Lipinski definition) is 0. The molecule has 1 unspecified atom stereocenters. The van der Waals surface area contributed by atoms with E-state index >= 15 is 0 Å². The Kier molecular flexibility index (Phi) is 4.23. The molecular formula is C18H15NO6. The van der Waals surface area contributed by atoms with Crippen molar-refractivity contribution in [1.82, 2.24) is 0 Å². The average molecular weight is 341 g/mol. The van der Waals surface area contributed by atoms with E-state index in [9.17, 15) is 0 Å². The molecule has 7 heteroatoms. The van der Waals surface area contributed by atoms with Gasteiger partial charge in [-0.2, -0.15) is 19.9 Å². The zero-order valence-electron chi connectivity index (χ0n) is 13.4. The maximum absolute atomic E-state index is 9.14. The van der Waals surface area contributed by atoms with Crippen LogP contribution in [0.15, 0.2) is 48.5 Å². The Morgan fingerprint density at radius 1 is 0.960 bits per heavy atom. The van der Waals surface area contributed by atoms with Crippen molar-refractivity contribution in [2.45, 2.75) is 25.3 Å². The summed E-state index contributed by atoms with van der Waals surface area (Å²) in [4.78, 5) is 20.3. The molecule has 128 valence electrons. The summed E-state index contributed by atoms with van der Waals surface area (Å²) in [6.45, 7) is 1.57. The molecule has 2 aliphatic rings. The number of ether oxygens (including phenoxy) is 2. The van der Waals surface area contributed by atoms with Crippen LogP contribution in [0.25, 0.3) is 11.1 Å². The minimum absolute atomic E-state index is 0.0733. The van der Waals surface area contributed by atoms with Gasteiger partial charge in [0.15, 0.2) is 6.79 Å². The van der Waals surface area contributed by atoms with Crippen LogP contribution in [-0.4, -0.2) is 12.6 Å². The Bertz CT molecular complexity index is 813. The topological polar surface area (TPSA) is 79.2 Å². The van der Waals surface area contributed by atoms with Gasteiger partial charge in [0, 0.05) is 18.1 Å². The van der Waals surface area contributed by atoms with Crippen LogP contribution in [0.2, 0.25) is 0 Å². The monoisotopic (exact) mass is 341 g/mol. The molecule has 0 aliphatic carbocycles. The maximum Gasteiger partial charge on any atom is 0.289 e. The van der Waals surface area contributed by atoms with Gasteiger partial charge in [0.05, 0.1) is 0 Å². The molecule has 0 amide bonds. The lowest BCUT2D eigenvalue weighted by atomic mass is 9.94. The van der Waals surface area contributed by atoms with Crippen molar-refractivity contribution in [3.63, 3.8) is 0 Å². The number of rotatable bonds is 3. The largest absolute Gasteiger partial charge is 0.316 e. The fourth-order valence-corrected chi connectivity index (χ4v) is 2.78. The first-order valence-corrected chi connectivity index (χ1v) is 7.72. The van der Waals surface area contributed by atoms with Gasteiger partial charge < -0.3 is 4.74 Å². The SMILES string of the molecule is C[C@]1(C#N)OO[C@@H](c2ccccc2-c2ccccc2C2OCOO2)O1. The van der Waals surface area contributed by atoms with E-state index in [1.807, 2.05) is 54.6 Å². The van der Waals surface area contributed by atoms with E-state index in [0.29, 0.717) is 0 Å². The predicted molar refractivity (Wildman–Crippen MR) is 82.8 cm³/mol. The van der Waals surface area contributed by atoms with Gasteiger partial charge in [-0.15, -0.1) is 0 Å². The van der Waals surface area contributed by atoms with E-state index in [1.165, 1.54) is 6.92 Å². The van der Waals surface area contributed by atoms with Crippen LogP contribution in [0, 0.1) is 11.3 Å². The highest BCUT2D eigenvalue weighted by atomic mass is 17.3. The predicted octanol–water partition coefficient (Wildman–Crippen LogP) is 3.50. The van der Waals surface area contributed by atoms with Gasteiger partial charge in [0.25, 0.3) is 5.79 Å². The summed E-state index contributed by atoms with van der Waals surface area (Å²) in [7, 11) is 0.